The molecule has 1 aromatic rings. The van der Waals surface area contributed by atoms with Gasteiger partial charge in [-0.1, -0.05) is 6.42 Å². The van der Waals surface area contributed by atoms with Gasteiger partial charge in [-0.2, -0.15) is 0 Å². The molecule has 110 valence electrons. The number of nitro benzene ring substituents is 1. The van der Waals surface area contributed by atoms with E-state index in [2.05, 4.69) is 0 Å². The molecule has 3 N–H and O–H groups in total. The zero-order valence-corrected chi connectivity index (χ0v) is 11.1. The first-order valence-electron chi connectivity index (χ1n) is 6.38. The van der Waals surface area contributed by atoms with Crippen LogP contribution in [0.5, 0.6) is 0 Å². The lowest BCUT2D eigenvalue weighted by Crippen LogP contribution is -2.09. The second-order valence-electron chi connectivity index (χ2n) is 4.30. The Morgan fingerprint density at radius 3 is 2.65 bits per heavy atom. The normalized spacial score (nSPS) is 10.2. The molecule has 0 aromatic heterocycles. The SMILES string of the molecule is Nc1ccc([N+](=O)[O-])cc1C(=O)OCCCCCCO. The summed E-state index contributed by atoms with van der Waals surface area (Å²) in [5.41, 5.74) is 5.57. The number of carbonyl (C=O) groups is 1. The van der Waals surface area contributed by atoms with Gasteiger partial charge in [-0.05, 0) is 25.3 Å². The van der Waals surface area contributed by atoms with Crippen LogP contribution in [0.4, 0.5) is 11.4 Å². The number of nitro groups is 1. The number of unbranched alkanes of at least 4 members (excludes halogenated alkanes) is 3. The maximum absolute atomic E-state index is 11.8. The predicted molar refractivity (Wildman–Crippen MR) is 73.3 cm³/mol. The van der Waals surface area contributed by atoms with Crippen molar-refractivity contribution < 1.29 is 19.6 Å². The number of esters is 1. The van der Waals surface area contributed by atoms with Crippen LogP contribution in [-0.4, -0.2) is 29.2 Å². The van der Waals surface area contributed by atoms with Crippen molar-refractivity contribution in [3.8, 4) is 0 Å². The van der Waals surface area contributed by atoms with Gasteiger partial charge in [0.2, 0.25) is 0 Å². The molecule has 20 heavy (non-hydrogen) atoms. The molecule has 0 saturated heterocycles. The summed E-state index contributed by atoms with van der Waals surface area (Å²) in [4.78, 5) is 21.8. The van der Waals surface area contributed by atoms with E-state index in [4.69, 9.17) is 15.6 Å². The third kappa shape index (κ3) is 4.85. The summed E-state index contributed by atoms with van der Waals surface area (Å²) in [6, 6.07) is 3.67. The first-order valence-corrected chi connectivity index (χ1v) is 6.38. The fourth-order valence-electron chi connectivity index (χ4n) is 1.64. The smallest absolute Gasteiger partial charge is 0.340 e. The van der Waals surface area contributed by atoms with Gasteiger partial charge in [0.05, 0.1) is 17.1 Å². The number of nitrogen functional groups attached to an aromatic ring is 1. The fourth-order valence-corrected chi connectivity index (χ4v) is 1.64. The van der Waals surface area contributed by atoms with E-state index in [1.54, 1.807) is 0 Å². The number of aliphatic hydroxyl groups excluding tert-OH is 1. The number of anilines is 1. The molecule has 7 nitrogen and oxygen atoms in total. The molecular formula is C13H18N2O5. The maximum atomic E-state index is 11.8. The van der Waals surface area contributed by atoms with Gasteiger partial charge in [0, 0.05) is 24.4 Å². The highest BCUT2D eigenvalue weighted by molar-refractivity contribution is 5.95. The second-order valence-corrected chi connectivity index (χ2v) is 4.30. The van der Waals surface area contributed by atoms with E-state index in [1.165, 1.54) is 12.1 Å². The second kappa shape index (κ2) is 8.11. The van der Waals surface area contributed by atoms with Crippen LogP contribution in [0.2, 0.25) is 0 Å². The summed E-state index contributed by atoms with van der Waals surface area (Å²) in [6.07, 6.45) is 3.12. The van der Waals surface area contributed by atoms with Crippen LogP contribution in [0.3, 0.4) is 0 Å². The minimum atomic E-state index is -0.659. The topological polar surface area (TPSA) is 116 Å². The van der Waals surface area contributed by atoms with E-state index in [1.807, 2.05) is 0 Å². The van der Waals surface area contributed by atoms with Gasteiger partial charge < -0.3 is 15.6 Å². The van der Waals surface area contributed by atoms with Crippen LogP contribution in [0, 0.1) is 10.1 Å². The quantitative estimate of drug-likeness (QED) is 0.247. The molecule has 1 aromatic carbocycles. The summed E-state index contributed by atoms with van der Waals surface area (Å²) < 4.78 is 5.02. The molecule has 0 fully saturated rings. The molecule has 0 radical (unpaired) electrons. The van der Waals surface area contributed by atoms with E-state index in [0.717, 1.165) is 25.3 Å². The Morgan fingerprint density at radius 1 is 1.30 bits per heavy atom. The fraction of sp³-hybridized carbons (Fsp3) is 0.462. The van der Waals surface area contributed by atoms with Crippen molar-refractivity contribution in [2.24, 2.45) is 0 Å². The van der Waals surface area contributed by atoms with Crippen molar-refractivity contribution in [2.75, 3.05) is 18.9 Å². The number of non-ortho nitro benzene ring substituents is 1. The molecule has 0 spiro atoms. The number of nitrogens with two attached hydrogens (primary N) is 1. The summed E-state index contributed by atoms with van der Waals surface area (Å²) in [5.74, 6) is -0.659. The number of nitrogens with zero attached hydrogens (tertiary/aromatic N) is 1. The molecular weight excluding hydrogens is 264 g/mol. The van der Waals surface area contributed by atoms with Crippen molar-refractivity contribution >= 4 is 17.3 Å². The van der Waals surface area contributed by atoms with Crippen molar-refractivity contribution in [1.82, 2.24) is 0 Å². The number of rotatable bonds is 8. The van der Waals surface area contributed by atoms with E-state index in [0.29, 0.717) is 6.42 Å². The number of aliphatic hydroxyl groups is 1. The first-order chi connectivity index (χ1) is 9.56. The number of ether oxygens (including phenoxy) is 1. The van der Waals surface area contributed by atoms with E-state index in [9.17, 15) is 14.9 Å². The Labute approximate surface area is 116 Å². The standard InChI is InChI=1S/C13H18N2O5/c14-12-6-5-10(15(18)19)9-11(12)13(17)20-8-4-2-1-3-7-16/h5-6,9,16H,1-4,7-8,14H2. The van der Waals surface area contributed by atoms with Crippen LogP contribution in [-0.2, 0) is 4.74 Å². The van der Waals surface area contributed by atoms with E-state index in [-0.39, 0.29) is 30.2 Å². The lowest BCUT2D eigenvalue weighted by molar-refractivity contribution is -0.384. The lowest BCUT2D eigenvalue weighted by atomic mass is 10.1. The van der Waals surface area contributed by atoms with Gasteiger partial charge in [-0.15, -0.1) is 0 Å². The summed E-state index contributed by atoms with van der Waals surface area (Å²) >= 11 is 0. The molecule has 7 heteroatoms. The Bertz CT molecular complexity index is 476. The minimum Gasteiger partial charge on any atom is -0.462 e. The molecule has 1 rings (SSSR count). The minimum absolute atomic E-state index is 0.00885. The Morgan fingerprint density at radius 2 is 2.00 bits per heavy atom. The zero-order valence-electron chi connectivity index (χ0n) is 11.1. The maximum Gasteiger partial charge on any atom is 0.340 e. The van der Waals surface area contributed by atoms with Gasteiger partial charge in [0.1, 0.15) is 0 Å². The third-order valence-electron chi connectivity index (χ3n) is 2.75. The van der Waals surface area contributed by atoms with Crippen LogP contribution in [0.25, 0.3) is 0 Å². The Hall–Kier alpha value is -2.15. The van der Waals surface area contributed by atoms with Gasteiger partial charge in [0.15, 0.2) is 0 Å². The highest BCUT2D eigenvalue weighted by atomic mass is 16.6. The van der Waals surface area contributed by atoms with E-state index >= 15 is 0 Å². The molecule has 0 aliphatic carbocycles. The highest BCUT2D eigenvalue weighted by Gasteiger charge is 2.16. The van der Waals surface area contributed by atoms with Crippen molar-refractivity contribution in [2.45, 2.75) is 25.7 Å². The monoisotopic (exact) mass is 282 g/mol. The predicted octanol–water partition coefficient (Wildman–Crippen LogP) is 1.89. The van der Waals surface area contributed by atoms with Crippen LogP contribution >= 0.6 is 0 Å². The van der Waals surface area contributed by atoms with Crippen molar-refractivity contribution in [3.63, 3.8) is 0 Å². The van der Waals surface area contributed by atoms with Gasteiger partial charge >= 0.3 is 5.97 Å². The van der Waals surface area contributed by atoms with Gasteiger partial charge in [-0.3, -0.25) is 10.1 Å². The first kappa shape index (κ1) is 15.9. The molecule has 0 bridgehead atoms. The average Bonchev–Trinajstić information content (AvgIpc) is 2.42. The van der Waals surface area contributed by atoms with E-state index < -0.39 is 10.9 Å². The summed E-state index contributed by atoms with van der Waals surface area (Å²) in [7, 11) is 0. The largest absolute Gasteiger partial charge is 0.462 e. The molecule has 0 heterocycles. The van der Waals surface area contributed by atoms with Crippen molar-refractivity contribution in [3.05, 3.63) is 33.9 Å². The van der Waals surface area contributed by atoms with Crippen LogP contribution in [0.15, 0.2) is 18.2 Å². The van der Waals surface area contributed by atoms with Gasteiger partial charge in [0.25, 0.3) is 5.69 Å². The lowest BCUT2D eigenvalue weighted by Gasteiger charge is -2.06. The molecule has 0 atom stereocenters. The molecule has 0 unspecified atom stereocenters. The average molecular weight is 282 g/mol. The van der Waals surface area contributed by atoms with Crippen LogP contribution < -0.4 is 5.73 Å². The molecule has 0 saturated carbocycles. The third-order valence-corrected chi connectivity index (χ3v) is 2.75. The summed E-state index contributed by atoms with van der Waals surface area (Å²) in [6.45, 7) is 0.385. The van der Waals surface area contributed by atoms with Crippen LogP contribution in [0.1, 0.15) is 36.0 Å². The molecule has 0 amide bonds. The molecule has 0 aliphatic rings. The Balaban J connectivity index is 2.50. The number of hydrogen-bond acceptors (Lipinski definition) is 6. The van der Waals surface area contributed by atoms with Crippen molar-refractivity contribution in [1.29, 1.82) is 0 Å². The summed E-state index contributed by atoms with van der Waals surface area (Å²) in [5, 5.41) is 19.2. The number of benzene rings is 1. The number of hydrogen-bond donors (Lipinski definition) is 2. The Kier molecular flexibility index (Phi) is 6.45. The zero-order chi connectivity index (χ0) is 15.0. The highest BCUT2D eigenvalue weighted by Crippen LogP contribution is 2.20. The molecule has 0 aliphatic heterocycles. The number of carbonyl (C=O) groups excluding carboxylic acids is 1. The van der Waals surface area contributed by atoms with Gasteiger partial charge in [-0.25, -0.2) is 4.79 Å².